The first-order valence-corrected chi connectivity index (χ1v) is 6.38. The number of amides is 1. The minimum Gasteiger partial charge on any atom is -0.349 e. The van der Waals surface area contributed by atoms with E-state index in [4.69, 9.17) is 12.2 Å². The Bertz CT molecular complexity index is 610. The second kappa shape index (κ2) is 3.68. The lowest BCUT2D eigenvalue weighted by molar-refractivity contribution is 0.0951. The van der Waals surface area contributed by atoms with Crippen molar-refractivity contribution < 1.29 is 4.79 Å². The van der Waals surface area contributed by atoms with Crippen LogP contribution >= 0.6 is 23.6 Å². The highest BCUT2D eigenvalue weighted by Gasteiger charge is 2.23. The summed E-state index contributed by atoms with van der Waals surface area (Å²) in [4.78, 5) is 14.9. The van der Waals surface area contributed by atoms with Crippen LogP contribution in [-0.4, -0.2) is 16.9 Å². The number of aromatic amines is 1. The van der Waals surface area contributed by atoms with E-state index >= 15 is 0 Å². The zero-order valence-corrected chi connectivity index (χ0v) is 10.1. The van der Waals surface area contributed by atoms with Crippen LogP contribution in [0, 0.1) is 3.95 Å². The minimum absolute atomic E-state index is 0.00918. The monoisotopic (exact) mass is 250 g/mol. The molecule has 0 aliphatic heterocycles. The van der Waals surface area contributed by atoms with Gasteiger partial charge < -0.3 is 10.3 Å². The lowest BCUT2D eigenvalue weighted by atomic mass is 10.2. The average Bonchev–Trinajstić information content (AvgIpc) is 2.96. The second-order valence-corrected chi connectivity index (χ2v) is 5.69. The highest BCUT2D eigenvalue weighted by Crippen LogP contribution is 2.22. The number of hydrogen-bond donors (Lipinski definition) is 2. The van der Waals surface area contributed by atoms with E-state index in [1.165, 1.54) is 11.3 Å². The Kier molecular flexibility index (Phi) is 2.29. The summed E-state index contributed by atoms with van der Waals surface area (Å²) in [5.74, 6) is 0.00918. The van der Waals surface area contributed by atoms with Crippen molar-refractivity contribution in [2.45, 2.75) is 18.9 Å². The molecule has 16 heavy (non-hydrogen) atoms. The first-order chi connectivity index (χ1) is 7.72. The maximum absolute atomic E-state index is 11.8. The third kappa shape index (κ3) is 1.88. The molecule has 82 valence electrons. The molecule has 1 amide bonds. The normalized spacial score (nSPS) is 15.2. The van der Waals surface area contributed by atoms with Crippen molar-refractivity contribution in [2.24, 2.45) is 0 Å². The largest absolute Gasteiger partial charge is 0.349 e. The summed E-state index contributed by atoms with van der Waals surface area (Å²) < 4.78 is 1.84. The van der Waals surface area contributed by atoms with Crippen molar-refractivity contribution in [1.29, 1.82) is 0 Å². The highest BCUT2D eigenvalue weighted by molar-refractivity contribution is 7.73. The standard InChI is InChI=1S/C11H10N2OS2/c14-10(12-7-2-3-7)6-1-4-9-8(5-6)13-11(15)16-9/h1,4-5,7H,2-3H2,(H,12,14)(H,13,15). The molecule has 1 aromatic carbocycles. The van der Waals surface area contributed by atoms with Gasteiger partial charge in [0.1, 0.15) is 0 Å². The molecule has 0 unspecified atom stereocenters. The van der Waals surface area contributed by atoms with E-state index in [1.54, 1.807) is 0 Å². The summed E-state index contributed by atoms with van der Waals surface area (Å²) in [6, 6.07) is 6.04. The fourth-order valence-corrected chi connectivity index (χ4v) is 2.69. The van der Waals surface area contributed by atoms with Gasteiger partial charge in [-0.15, -0.1) is 11.3 Å². The van der Waals surface area contributed by atoms with E-state index in [-0.39, 0.29) is 5.91 Å². The van der Waals surface area contributed by atoms with Crippen LogP contribution in [0.3, 0.4) is 0 Å². The van der Waals surface area contributed by atoms with Crippen molar-refractivity contribution in [3.05, 3.63) is 27.7 Å². The number of rotatable bonds is 2. The van der Waals surface area contributed by atoms with Gasteiger partial charge in [0, 0.05) is 11.6 Å². The maximum Gasteiger partial charge on any atom is 0.251 e. The quantitative estimate of drug-likeness (QED) is 0.805. The summed E-state index contributed by atoms with van der Waals surface area (Å²) in [6.07, 6.45) is 2.21. The maximum atomic E-state index is 11.8. The molecule has 1 aliphatic carbocycles. The zero-order valence-electron chi connectivity index (χ0n) is 8.45. The zero-order chi connectivity index (χ0) is 11.1. The predicted molar refractivity (Wildman–Crippen MR) is 67.5 cm³/mol. The molecule has 1 aliphatic rings. The Labute approximate surface area is 101 Å². The molecule has 0 radical (unpaired) electrons. The fourth-order valence-electron chi connectivity index (χ4n) is 1.59. The Balaban J connectivity index is 1.96. The van der Waals surface area contributed by atoms with Crippen LogP contribution in [0.2, 0.25) is 0 Å². The van der Waals surface area contributed by atoms with Gasteiger partial charge in [0.2, 0.25) is 0 Å². The Hall–Kier alpha value is -1.20. The first kappa shape index (κ1) is 9.99. The van der Waals surface area contributed by atoms with Crippen LogP contribution in [0.4, 0.5) is 0 Å². The minimum atomic E-state index is 0.00918. The lowest BCUT2D eigenvalue weighted by Crippen LogP contribution is -2.25. The number of H-pyrrole nitrogens is 1. The average molecular weight is 250 g/mol. The molecule has 1 saturated carbocycles. The summed E-state index contributed by atoms with van der Waals surface area (Å²) in [7, 11) is 0. The van der Waals surface area contributed by atoms with E-state index in [2.05, 4.69) is 10.3 Å². The van der Waals surface area contributed by atoms with E-state index in [9.17, 15) is 4.79 Å². The van der Waals surface area contributed by atoms with Gasteiger partial charge in [-0.25, -0.2) is 0 Å². The van der Waals surface area contributed by atoms with Crippen molar-refractivity contribution in [2.75, 3.05) is 0 Å². The number of nitrogens with one attached hydrogen (secondary N) is 2. The van der Waals surface area contributed by atoms with Crippen LogP contribution in [0.25, 0.3) is 10.2 Å². The highest BCUT2D eigenvalue weighted by atomic mass is 32.1. The van der Waals surface area contributed by atoms with Gasteiger partial charge in [0.05, 0.1) is 10.2 Å². The fraction of sp³-hybridized carbons (Fsp3) is 0.273. The summed E-state index contributed by atoms with van der Waals surface area (Å²) in [5.41, 5.74) is 1.64. The van der Waals surface area contributed by atoms with Gasteiger partial charge in [-0.1, -0.05) is 0 Å². The molecule has 3 nitrogen and oxygen atoms in total. The number of hydrogen-bond acceptors (Lipinski definition) is 3. The van der Waals surface area contributed by atoms with Crippen LogP contribution in [0.1, 0.15) is 23.2 Å². The molecule has 5 heteroatoms. The smallest absolute Gasteiger partial charge is 0.251 e. The van der Waals surface area contributed by atoms with Crippen molar-refractivity contribution in [1.82, 2.24) is 10.3 Å². The third-order valence-corrected chi connectivity index (χ3v) is 3.81. The van der Waals surface area contributed by atoms with Gasteiger partial charge in [-0.2, -0.15) is 0 Å². The third-order valence-electron chi connectivity index (χ3n) is 2.59. The molecule has 3 rings (SSSR count). The number of fused-ring (bicyclic) bond motifs is 1. The number of aromatic nitrogens is 1. The number of carbonyl (C=O) groups excluding carboxylic acids is 1. The molecule has 0 atom stereocenters. The van der Waals surface area contributed by atoms with Crippen molar-refractivity contribution >= 4 is 39.7 Å². The van der Waals surface area contributed by atoms with Gasteiger partial charge >= 0.3 is 0 Å². The molecule has 0 saturated heterocycles. The number of carbonyl (C=O) groups is 1. The Morgan fingerprint density at radius 3 is 3.06 bits per heavy atom. The molecule has 0 bridgehead atoms. The summed E-state index contributed by atoms with van der Waals surface area (Å²) >= 11 is 6.59. The van der Waals surface area contributed by atoms with E-state index in [1.807, 2.05) is 18.2 Å². The molecule has 2 N–H and O–H groups in total. The molecule has 2 aromatic rings. The van der Waals surface area contributed by atoms with Crippen molar-refractivity contribution in [3.63, 3.8) is 0 Å². The summed E-state index contributed by atoms with van der Waals surface area (Å²) in [5, 5.41) is 2.97. The first-order valence-electron chi connectivity index (χ1n) is 5.16. The van der Waals surface area contributed by atoms with Crippen LogP contribution in [0.15, 0.2) is 18.2 Å². The van der Waals surface area contributed by atoms with Crippen LogP contribution in [-0.2, 0) is 0 Å². The SMILES string of the molecule is O=C(NC1CC1)c1ccc2sc(=S)[nH]c2c1. The number of benzene rings is 1. The summed E-state index contributed by atoms with van der Waals surface area (Å²) in [6.45, 7) is 0. The van der Waals surface area contributed by atoms with Crippen LogP contribution < -0.4 is 5.32 Å². The molecular weight excluding hydrogens is 240 g/mol. The predicted octanol–water partition coefficient (Wildman–Crippen LogP) is 2.85. The van der Waals surface area contributed by atoms with E-state index in [0.29, 0.717) is 11.6 Å². The van der Waals surface area contributed by atoms with Crippen LogP contribution in [0.5, 0.6) is 0 Å². The molecular formula is C11H10N2OS2. The molecule has 1 aromatic heterocycles. The van der Waals surface area contributed by atoms with E-state index < -0.39 is 0 Å². The number of thiazole rings is 1. The van der Waals surface area contributed by atoms with Gasteiger partial charge in [0.15, 0.2) is 3.95 Å². The Morgan fingerprint density at radius 1 is 1.50 bits per heavy atom. The Morgan fingerprint density at radius 2 is 2.31 bits per heavy atom. The molecule has 1 fully saturated rings. The lowest BCUT2D eigenvalue weighted by Gasteiger charge is -2.02. The van der Waals surface area contributed by atoms with Gasteiger partial charge in [-0.3, -0.25) is 4.79 Å². The molecule has 0 spiro atoms. The van der Waals surface area contributed by atoms with E-state index in [0.717, 1.165) is 27.0 Å². The van der Waals surface area contributed by atoms with Crippen molar-refractivity contribution in [3.8, 4) is 0 Å². The molecule has 1 heterocycles. The van der Waals surface area contributed by atoms with Gasteiger partial charge in [0.25, 0.3) is 5.91 Å². The second-order valence-electron chi connectivity index (χ2n) is 3.97. The topological polar surface area (TPSA) is 44.9 Å². The van der Waals surface area contributed by atoms with Gasteiger partial charge in [-0.05, 0) is 43.3 Å².